The first kappa shape index (κ1) is 8.91. The summed E-state index contributed by atoms with van der Waals surface area (Å²) in [7, 11) is 0. The fraction of sp³-hybridized carbons (Fsp3) is 0. The molecule has 4 heteroatoms. The van der Waals surface area contributed by atoms with Crippen molar-refractivity contribution in [1.29, 1.82) is 0 Å². The first-order valence-electron chi connectivity index (χ1n) is 2.35. The average molecular weight is 161 g/mol. The number of hydrogen-bond acceptors (Lipinski definition) is 3. The molecule has 0 aromatic carbocycles. The Balaban J connectivity index is 3.79. The van der Waals surface area contributed by atoms with Gasteiger partial charge in [0, 0.05) is 17.7 Å². The highest BCUT2D eigenvalue weighted by atomic mass is 35.5. The predicted molar refractivity (Wildman–Crippen MR) is 36.3 cm³/mol. The number of esters is 2. The van der Waals surface area contributed by atoms with E-state index in [4.69, 9.17) is 11.6 Å². The molecule has 0 aromatic rings. The molecule has 10 heavy (non-hydrogen) atoms. The summed E-state index contributed by atoms with van der Waals surface area (Å²) in [6.07, 6.45) is 1.81. The van der Waals surface area contributed by atoms with Crippen LogP contribution >= 0.6 is 11.6 Å². The molecule has 0 aliphatic rings. The maximum Gasteiger partial charge on any atom is 0.339 e. The van der Waals surface area contributed by atoms with Gasteiger partial charge in [-0.05, 0) is 0 Å². The number of halogens is 1. The number of ether oxygens (including phenoxy) is 1. The molecule has 0 amide bonds. The molecule has 0 radical (unpaired) electrons. The molecule has 0 spiro atoms. The summed E-state index contributed by atoms with van der Waals surface area (Å²) in [5.41, 5.74) is 0.957. The quantitative estimate of drug-likeness (QED) is 0.344. The fourth-order valence-corrected chi connectivity index (χ4v) is 0.329. The maximum absolute atomic E-state index is 10.4. The van der Waals surface area contributed by atoms with Crippen molar-refractivity contribution in [3.8, 4) is 0 Å². The van der Waals surface area contributed by atoms with Gasteiger partial charge in [-0.3, -0.25) is 0 Å². The van der Waals surface area contributed by atoms with Gasteiger partial charge >= 0.3 is 11.9 Å². The third kappa shape index (κ3) is 3.86. The van der Waals surface area contributed by atoms with E-state index in [2.05, 4.69) is 11.3 Å². The maximum atomic E-state index is 10.4. The zero-order valence-corrected chi connectivity index (χ0v) is 5.80. The summed E-state index contributed by atoms with van der Waals surface area (Å²) in [6, 6.07) is 0. The Morgan fingerprint density at radius 3 is 2.40 bits per heavy atom. The summed E-state index contributed by atoms with van der Waals surface area (Å²) >= 11 is 5.00. The van der Waals surface area contributed by atoms with Crippen LogP contribution in [0.4, 0.5) is 0 Å². The van der Waals surface area contributed by atoms with Gasteiger partial charge in [0.1, 0.15) is 0 Å². The molecule has 3 nitrogen and oxygen atoms in total. The van der Waals surface area contributed by atoms with Crippen LogP contribution in [0.25, 0.3) is 0 Å². The van der Waals surface area contributed by atoms with E-state index in [1.165, 1.54) is 0 Å². The third-order valence-corrected chi connectivity index (χ3v) is 0.693. The Kier molecular flexibility index (Phi) is 4.24. The molecule has 0 rings (SSSR count). The lowest BCUT2D eigenvalue weighted by Gasteiger charge is -1.90. The van der Waals surface area contributed by atoms with Crippen LogP contribution in [0.2, 0.25) is 0 Å². The molecule has 0 aliphatic heterocycles. The summed E-state index contributed by atoms with van der Waals surface area (Å²) in [6.45, 7) is 3.09. The summed E-state index contributed by atoms with van der Waals surface area (Å²) in [5.74, 6) is -1.60. The minimum absolute atomic E-state index is 0.792. The standard InChI is InChI=1S/C6H5ClO3/c1-2-5(8)10-6(9)3-4-7/h2-4H,1H2. The van der Waals surface area contributed by atoms with E-state index in [1.807, 2.05) is 0 Å². The van der Waals surface area contributed by atoms with Gasteiger partial charge in [0.25, 0.3) is 0 Å². The van der Waals surface area contributed by atoms with E-state index >= 15 is 0 Å². The third-order valence-electron chi connectivity index (χ3n) is 0.567. The Hall–Kier alpha value is -1.09. The summed E-state index contributed by atoms with van der Waals surface area (Å²) < 4.78 is 4.07. The van der Waals surface area contributed by atoms with Gasteiger partial charge in [-0.25, -0.2) is 9.59 Å². The Morgan fingerprint density at radius 1 is 1.40 bits per heavy atom. The number of carbonyl (C=O) groups excluding carboxylic acids is 2. The van der Waals surface area contributed by atoms with Crippen molar-refractivity contribution in [2.24, 2.45) is 0 Å². The molecule has 0 saturated carbocycles. The Morgan fingerprint density at radius 2 is 2.00 bits per heavy atom. The van der Waals surface area contributed by atoms with Crippen LogP contribution in [0.5, 0.6) is 0 Å². The van der Waals surface area contributed by atoms with Crippen molar-refractivity contribution >= 4 is 23.5 Å². The zero-order valence-electron chi connectivity index (χ0n) is 5.04. The van der Waals surface area contributed by atoms with Crippen LogP contribution in [0.15, 0.2) is 24.3 Å². The molecular formula is C6H5ClO3. The van der Waals surface area contributed by atoms with Gasteiger partial charge in [-0.1, -0.05) is 18.2 Å². The lowest BCUT2D eigenvalue weighted by atomic mass is 10.6. The predicted octanol–water partition coefficient (Wildman–Crippen LogP) is 0.995. The SMILES string of the molecule is C=CC(=O)OC(=O)C=CCl. The van der Waals surface area contributed by atoms with Crippen LogP contribution in [0.3, 0.4) is 0 Å². The molecule has 0 N–H and O–H groups in total. The smallest absolute Gasteiger partial charge is 0.339 e. The Bertz CT molecular complexity index is 183. The van der Waals surface area contributed by atoms with Crippen molar-refractivity contribution in [2.45, 2.75) is 0 Å². The molecule has 0 aromatic heterocycles. The Labute approximate surface area is 62.9 Å². The van der Waals surface area contributed by atoms with E-state index in [0.717, 1.165) is 17.7 Å². The number of rotatable bonds is 2. The normalized spacial score (nSPS) is 9.30. The monoisotopic (exact) mass is 160 g/mol. The lowest BCUT2D eigenvalue weighted by molar-refractivity contribution is -0.152. The van der Waals surface area contributed by atoms with E-state index < -0.39 is 11.9 Å². The van der Waals surface area contributed by atoms with Crippen molar-refractivity contribution in [2.75, 3.05) is 0 Å². The van der Waals surface area contributed by atoms with Gasteiger partial charge in [0.05, 0.1) is 0 Å². The highest BCUT2D eigenvalue weighted by molar-refractivity contribution is 6.26. The van der Waals surface area contributed by atoms with Crippen LogP contribution in [-0.2, 0) is 14.3 Å². The molecular weight excluding hydrogens is 156 g/mol. The van der Waals surface area contributed by atoms with E-state index in [0.29, 0.717) is 0 Å². The summed E-state index contributed by atoms with van der Waals surface area (Å²) in [5, 5.41) is 0. The van der Waals surface area contributed by atoms with Crippen LogP contribution < -0.4 is 0 Å². The van der Waals surface area contributed by atoms with Crippen LogP contribution in [0, 0.1) is 0 Å². The van der Waals surface area contributed by atoms with Crippen molar-refractivity contribution in [1.82, 2.24) is 0 Å². The zero-order chi connectivity index (χ0) is 7.98. The second-order valence-corrected chi connectivity index (χ2v) is 1.49. The highest BCUT2D eigenvalue weighted by Crippen LogP contribution is 1.85. The van der Waals surface area contributed by atoms with Gasteiger partial charge < -0.3 is 4.74 Å². The summed E-state index contributed by atoms with van der Waals surface area (Å²) in [4.78, 5) is 20.6. The van der Waals surface area contributed by atoms with Crippen molar-refractivity contribution in [3.63, 3.8) is 0 Å². The molecule has 0 bridgehead atoms. The molecule has 0 heterocycles. The van der Waals surface area contributed by atoms with Crippen molar-refractivity contribution < 1.29 is 14.3 Å². The highest BCUT2D eigenvalue weighted by Gasteiger charge is 2.00. The minimum Gasteiger partial charge on any atom is -0.387 e. The molecule has 0 atom stereocenters. The van der Waals surface area contributed by atoms with Crippen molar-refractivity contribution in [3.05, 3.63) is 24.3 Å². The minimum atomic E-state index is -0.806. The first-order valence-corrected chi connectivity index (χ1v) is 2.79. The van der Waals surface area contributed by atoms with E-state index in [9.17, 15) is 9.59 Å². The average Bonchev–Trinajstić information content (AvgIpc) is 1.88. The number of carbonyl (C=O) groups is 2. The largest absolute Gasteiger partial charge is 0.387 e. The number of hydrogen-bond donors (Lipinski definition) is 0. The van der Waals surface area contributed by atoms with Crippen LogP contribution in [-0.4, -0.2) is 11.9 Å². The molecule has 0 aliphatic carbocycles. The van der Waals surface area contributed by atoms with Gasteiger partial charge in [-0.2, -0.15) is 0 Å². The van der Waals surface area contributed by atoms with E-state index in [1.54, 1.807) is 0 Å². The second-order valence-electron chi connectivity index (χ2n) is 1.24. The fourth-order valence-electron chi connectivity index (χ4n) is 0.226. The van der Waals surface area contributed by atoms with Gasteiger partial charge in [0.2, 0.25) is 0 Å². The topological polar surface area (TPSA) is 43.4 Å². The molecule has 54 valence electrons. The molecule has 0 unspecified atom stereocenters. The van der Waals surface area contributed by atoms with Gasteiger partial charge in [-0.15, -0.1) is 0 Å². The molecule has 0 saturated heterocycles. The van der Waals surface area contributed by atoms with E-state index in [-0.39, 0.29) is 0 Å². The second kappa shape index (κ2) is 4.76. The molecule has 0 fully saturated rings. The van der Waals surface area contributed by atoms with Gasteiger partial charge in [0.15, 0.2) is 0 Å². The van der Waals surface area contributed by atoms with Crippen LogP contribution in [0.1, 0.15) is 0 Å². The first-order chi connectivity index (χ1) is 4.70. The lowest BCUT2D eigenvalue weighted by Crippen LogP contribution is -2.06.